The second-order valence-corrected chi connectivity index (χ2v) is 11.1. The van der Waals surface area contributed by atoms with Crippen LogP contribution in [0, 0.1) is 5.92 Å². The van der Waals surface area contributed by atoms with Gasteiger partial charge in [0, 0.05) is 35.8 Å². The largest absolute Gasteiger partial charge is 0.430 e. The van der Waals surface area contributed by atoms with Crippen LogP contribution in [0.3, 0.4) is 0 Å². The minimum Gasteiger partial charge on any atom is -0.430 e. The number of rotatable bonds is 3. The fraction of sp³-hybridized carbons (Fsp3) is 0.429. The molecule has 4 heterocycles. The Morgan fingerprint density at radius 3 is 2.43 bits per heavy atom. The van der Waals surface area contributed by atoms with Gasteiger partial charge >= 0.3 is 11.6 Å². The maximum absolute atomic E-state index is 13.0. The Morgan fingerprint density at radius 1 is 1.06 bits per heavy atom. The smallest absolute Gasteiger partial charge is 0.343 e. The van der Waals surface area contributed by atoms with Crippen LogP contribution in [0.2, 0.25) is 0 Å². The third-order valence-corrected chi connectivity index (χ3v) is 7.60. The lowest BCUT2D eigenvalue weighted by atomic mass is 9.69. The molecule has 7 heteroatoms. The average molecular weight is 476 g/mol. The number of allylic oxidation sites excluding steroid dienone is 3. The van der Waals surface area contributed by atoms with E-state index in [1.54, 1.807) is 6.07 Å². The summed E-state index contributed by atoms with van der Waals surface area (Å²) in [5.41, 5.74) is 3.47. The molecular formula is C28H29NO6. The number of nitrogens with zero attached hydrogens (tertiary/aromatic N) is 1. The fourth-order valence-electron chi connectivity index (χ4n) is 5.45. The fourth-order valence-corrected chi connectivity index (χ4v) is 5.45. The van der Waals surface area contributed by atoms with Crippen LogP contribution in [-0.4, -0.2) is 30.6 Å². The molecule has 5 rings (SSSR count). The Hall–Kier alpha value is -3.48. The Kier molecular flexibility index (Phi) is 5.16. The van der Waals surface area contributed by atoms with Crippen LogP contribution in [0.1, 0.15) is 64.2 Å². The molecular weight excluding hydrogens is 446 g/mol. The summed E-state index contributed by atoms with van der Waals surface area (Å²) >= 11 is 0. The van der Waals surface area contributed by atoms with Gasteiger partial charge in [0.15, 0.2) is 17.5 Å². The van der Waals surface area contributed by atoms with Crippen LogP contribution in [0.4, 0.5) is 5.69 Å². The van der Waals surface area contributed by atoms with Crippen molar-refractivity contribution in [3.8, 4) is 0 Å². The van der Waals surface area contributed by atoms with Gasteiger partial charge in [-0.1, -0.05) is 27.7 Å². The van der Waals surface area contributed by atoms with Crippen molar-refractivity contribution in [2.75, 3.05) is 18.0 Å². The molecule has 182 valence electrons. The van der Waals surface area contributed by atoms with Gasteiger partial charge in [0.25, 0.3) is 0 Å². The first-order chi connectivity index (χ1) is 16.4. The minimum absolute atomic E-state index is 0.0301. The molecule has 0 amide bonds. The van der Waals surface area contributed by atoms with Crippen molar-refractivity contribution in [2.24, 2.45) is 5.92 Å². The zero-order valence-corrected chi connectivity index (χ0v) is 20.7. The van der Waals surface area contributed by atoms with E-state index in [0.29, 0.717) is 5.58 Å². The lowest BCUT2D eigenvalue weighted by Crippen LogP contribution is -2.44. The van der Waals surface area contributed by atoms with Gasteiger partial charge in [0.1, 0.15) is 11.3 Å². The van der Waals surface area contributed by atoms with Gasteiger partial charge in [-0.15, -0.1) is 0 Å². The molecule has 0 aliphatic carbocycles. The highest BCUT2D eigenvalue weighted by molar-refractivity contribution is 6.25. The van der Waals surface area contributed by atoms with Crippen molar-refractivity contribution in [3.05, 3.63) is 57.2 Å². The van der Waals surface area contributed by atoms with Crippen LogP contribution < -0.4 is 10.5 Å². The van der Waals surface area contributed by atoms with E-state index in [1.165, 1.54) is 24.3 Å². The van der Waals surface area contributed by atoms with E-state index >= 15 is 0 Å². The summed E-state index contributed by atoms with van der Waals surface area (Å²) in [6.45, 7) is 12.3. The van der Waals surface area contributed by atoms with E-state index in [-0.39, 0.29) is 22.2 Å². The molecule has 3 aliphatic rings. The van der Waals surface area contributed by atoms with Crippen LogP contribution in [0.15, 0.2) is 39.3 Å². The highest BCUT2D eigenvalue weighted by Gasteiger charge is 2.42. The Labute approximate surface area is 203 Å². The maximum atomic E-state index is 13.0. The highest BCUT2D eigenvalue weighted by atomic mass is 16.5. The number of anilines is 1. The van der Waals surface area contributed by atoms with Crippen LogP contribution >= 0.6 is 0 Å². The maximum Gasteiger partial charge on any atom is 0.343 e. The number of fused-ring (bicyclic) bond motifs is 2. The van der Waals surface area contributed by atoms with Crippen molar-refractivity contribution < 1.29 is 23.5 Å². The topological polar surface area (TPSA) is 93.9 Å². The quantitative estimate of drug-likeness (QED) is 0.284. The first-order valence-electron chi connectivity index (χ1n) is 12.0. The molecule has 0 fully saturated rings. The van der Waals surface area contributed by atoms with E-state index in [9.17, 15) is 19.2 Å². The molecule has 3 aliphatic heterocycles. The number of hydrogen-bond donors (Lipinski definition) is 0. The molecule has 1 unspecified atom stereocenters. The number of ether oxygens (including phenoxy) is 1. The SMILES string of the molecule is CC1=CC(=O)C(C(=O)/C=C/c2cc3cc4c5c(c3oc2=O)C(C)(C)CCN5CCC4(C)C)C(=O)O1. The average Bonchev–Trinajstić information content (AvgIpc) is 2.75. The van der Waals surface area contributed by atoms with Crippen molar-refractivity contribution >= 4 is 40.3 Å². The molecule has 1 atom stereocenters. The van der Waals surface area contributed by atoms with Crippen molar-refractivity contribution in [3.63, 3.8) is 0 Å². The highest BCUT2D eigenvalue weighted by Crippen LogP contribution is 2.51. The number of esters is 1. The predicted octanol–water partition coefficient (Wildman–Crippen LogP) is 4.19. The standard InChI is InChI=1S/C28H29NO6/c1-15-12-20(31)21(26(33)34-15)19(30)7-6-16-13-17-14-18-23-22(24(17)35-25(16)32)28(4,5)9-11-29(23)10-8-27(18,2)3/h6-7,12-14,21H,8-11H2,1-5H3/b7-6+. The Bertz CT molecular complexity index is 1420. The summed E-state index contributed by atoms with van der Waals surface area (Å²) in [6.07, 6.45) is 5.51. The summed E-state index contributed by atoms with van der Waals surface area (Å²) in [4.78, 5) is 52.2. The van der Waals surface area contributed by atoms with E-state index in [4.69, 9.17) is 9.15 Å². The molecule has 0 spiro atoms. The van der Waals surface area contributed by atoms with Gasteiger partial charge < -0.3 is 14.1 Å². The molecule has 1 aromatic heterocycles. The van der Waals surface area contributed by atoms with Gasteiger partial charge in [-0.2, -0.15) is 0 Å². The van der Waals surface area contributed by atoms with Gasteiger partial charge in [-0.3, -0.25) is 14.4 Å². The van der Waals surface area contributed by atoms with Crippen molar-refractivity contribution in [1.82, 2.24) is 0 Å². The van der Waals surface area contributed by atoms with Crippen LogP contribution in [0.5, 0.6) is 0 Å². The molecule has 0 radical (unpaired) electrons. The zero-order chi connectivity index (χ0) is 25.3. The molecule has 35 heavy (non-hydrogen) atoms. The zero-order valence-electron chi connectivity index (χ0n) is 20.7. The normalized spacial score (nSPS) is 22.7. The van der Waals surface area contributed by atoms with Crippen molar-refractivity contribution in [2.45, 2.75) is 58.3 Å². The number of hydrogen-bond acceptors (Lipinski definition) is 7. The summed E-state index contributed by atoms with van der Waals surface area (Å²) in [5, 5.41) is 0.794. The van der Waals surface area contributed by atoms with Crippen LogP contribution in [-0.2, 0) is 30.0 Å². The van der Waals surface area contributed by atoms with Gasteiger partial charge in [-0.25, -0.2) is 4.79 Å². The third-order valence-electron chi connectivity index (χ3n) is 7.60. The molecule has 7 nitrogen and oxygen atoms in total. The van der Waals surface area contributed by atoms with E-state index in [1.807, 2.05) is 0 Å². The molecule has 0 saturated heterocycles. The van der Waals surface area contributed by atoms with Crippen LogP contribution in [0.25, 0.3) is 17.0 Å². The minimum atomic E-state index is -1.55. The Morgan fingerprint density at radius 2 is 1.74 bits per heavy atom. The second kappa shape index (κ2) is 7.77. The molecule has 0 bridgehead atoms. The van der Waals surface area contributed by atoms with E-state index < -0.39 is 29.1 Å². The number of carbonyl (C=O) groups is 3. The summed E-state index contributed by atoms with van der Waals surface area (Å²) in [7, 11) is 0. The lowest BCUT2D eigenvalue weighted by Gasteiger charge is -2.48. The summed E-state index contributed by atoms with van der Waals surface area (Å²) in [6, 6.07) is 3.83. The van der Waals surface area contributed by atoms with Crippen molar-refractivity contribution in [1.29, 1.82) is 0 Å². The number of ketones is 2. The second-order valence-electron chi connectivity index (χ2n) is 11.1. The number of carbonyl (C=O) groups excluding carboxylic acids is 3. The number of benzene rings is 1. The third kappa shape index (κ3) is 3.74. The molecule has 2 aromatic rings. The first kappa shape index (κ1) is 23.3. The van der Waals surface area contributed by atoms with Gasteiger partial charge in [0.05, 0.1) is 5.56 Å². The summed E-state index contributed by atoms with van der Waals surface area (Å²) < 4.78 is 10.8. The monoisotopic (exact) mass is 475 g/mol. The lowest BCUT2D eigenvalue weighted by molar-refractivity contribution is -0.151. The predicted molar refractivity (Wildman–Crippen MR) is 132 cm³/mol. The molecule has 0 N–H and O–H groups in total. The van der Waals surface area contributed by atoms with E-state index in [2.05, 4.69) is 38.7 Å². The van der Waals surface area contributed by atoms with E-state index in [0.717, 1.165) is 49.0 Å². The van der Waals surface area contributed by atoms with Gasteiger partial charge in [0.2, 0.25) is 0 Å². The first-order valence-corrected chi connectivity index (χ1v) is 12.0. The van der Waals surface area contributed by atoms with Gasteiger partial charge in [-0.05, 0) is 60.4 Å². The molecule has 1 aromatic carbocycles. The number of cyclic esters (lactones) is 1. The summed E-state index contributed by atoms with van der Waals surface area (Å²) in [5.74, 6) is -3.67. The Balaban J connectivity index is 1.61. The molecule has 0 saturated carbocycles.